The van der Waals surface area contributed by atoms with Gasteiger partial charge in [-0.2, -0.15) is 13.2 Å². The van der Waals surface area contributed by atoms with Crippen molar-refractivity contribution in [2.45, 2.75) is 25.9 Å². The van der Waals surface area contributed by atoms with Crippen LogP contribution in [0.15, 0.2) is 6.07 Å². The van der Waals surface area contributed by atoms with Crippen molar-refractivity contribution < 1.29 is 17.9 Å². The second kappa shape index (κ2) is 4.91. The summed E-state index contributed by atoms with van der Waals surface area (Å²) in [5.41, 5.74) is 1.87. The second-order valence-corrected chi connectivity index (χ2v) is 3.67. The molecule has 0 spiro atoms. The minimum Gasteiger partial charge on any atom is -0.468 e. The van der Waals surface area contributed by atoms with Gasteiger partial charge < -0.3 is 4.74 Å². The van der Waals surface area contributed by atoms with E-state index >= 15 is 0 Å². The van der Waals surface area contributed by atoms with Crippen LogP contribution in [0.4, 0.5) is 13.2 Å². The van der Waals surface area contributed by atoms with Crippen LogP contribution in [0.25, 0.3) is 0 Å². The normalized spacial score (nSPS) is 11.6. The zero-order valence-corrected chi connectivity index (χ0v) is 9.61. The topological polar surface area (TPSA) is 22.1 Å². The molecular weight excluding hydrogens is 243 g/mol. The lowest BCUT2D eigenvalue weighted by molar-refractivity contribution is -0.154. The molecule has 0 aromatic carbocycles. The molecule has 0 amide bonds. The molecule has 1 heterocycles. The summed E-state index contributed by atoms with van der Waals surface area (Å²) in [5, 5.41) is 0. The Balaban J connectivity index is 2.94. The van der Waals surface area contributed by atoms with Crippen LogP contribution in [0, 0.1) is 13.8 Å². The molecule has 1 aromatic rings. The maximum atomic E-state index is 12.0. The molecule has 6 heteroatoms. The van der Waals surface area contributed by atoms with E-state index < -0.39 is 12.8 Å². The van der Waals surface area contributed by atoms with E-state index in [1.165, 1.54) is 0 Å². The third-order valence-corrected chi connectivity index (χ3v) is 2.21. The summed E-state index contributed by atoms with van der Waals surface area (Å²) in [6.07, 6.45) is -4.37. The summed E-state index contributed by atoms with van der Waals surface area (Å²) in [6, 6.07) is 1.75. The molecule has 0 bridgehead atoms. The summed E-state index contributed by atoms with van der Waals surface area (Å²) < 4.78 is 40.6. The first-order chi connectivity index (χ1) is 7.33. The van der Waals surface area contributed by atoms with Crippen molar-refractivity contribution in [1.29, 1.82) is 0 Å². The standard InChI is InChI=1S/C10H11ClF3NO/c1-6-3-7(2)15-9(8(6)4-11)16-5-10(12,13)14/h3H,4-5H2,1-2H3. The number of rotatable bonds is 3. The molecule has 0 saturated carbocycles. The van der Waals surface area contributed by atoms with Crippen molar-refractivity contribution >= 4 is 11.6 Å². The predicted molar refractivity (Wildman–Crippen MR) is 54.8 cm³/mol. The molecule has 0 aliphatic rings. The van der Waals surface area contributed by atoms with Gasteiger partial charge in [0.05, 0.1) is 5.88 Å². The Bertz CT molecular complexity index is 379. The van der Waals surface area contributed by atoms with Crippen LogP contribution in [0.2, 0.25) is 0 Å². The van der Waals surface area contributed by atoms with Gasteiger partial charge >= 0.3 is 6.18 Å². The van der Waals surface area contributed by atoms with Crippen molar-refractivity contribution in [3.05, 3.63) is 22.9 Å². The van der Waals surface area contributed by atoms with Crippen LogP contribution in [0.3, 0.4) is 0 Å². The lowest BCUT2D eigenvalue weighted by Crippen LogP contribution is -2.20. The maximum absolute atomic E-state index is 12.0. The minimum atomic E-state index is -4.37. The zero-order valence-electron chi connectivity index (χ0n) is 8.86. The monoisotopic (exact) mass is 253 g/mol. The zero-order chi connectivity index (χ0) is 12.3. The molecule has 0 aliphatic heterocycles. The summed E-state index contributed by atoms with van der Waals surface area (Å²) in [5.74, 6) is 0.0385. The van der Waals surface area contributed by atoms with Crippen molar-refractivity contribution in [1.82, 2.24) is 4.98 Å². The van der Waals surface area contributed by atoms with Gasteiger partial charge in [0.1, 0.15) is 0 Å². The quantitative estimate of drug-likeness (QED) is 0.771. The third kappa shape index (κ3) is 3.56. The van der Waals surface area contributed by atoms with Crippen LogP contribution >= 0.6 is 11.6 Å². The highest BCUT2D eigenvalue weighted by Crippen LogP contribution is 2.25. The van der Waals surface area contributed by atoms with Gasteiger partial charge in [0.2, 0.25) is 5.88 Å². The van der Waals surface area contributed by atoms with Crippen LogP contribution in [-0.2, 0) is 5.88 Å². The van der Waals surface area contributed by atoms with Crippen LogP contribution < -0.4 is 4.74 Å². The Morgan fingerprint density at radius 1 is 1.38 bits per heavy atom. The Hall–Kier alpha value is -0.970. The van der Waals surface area contributed by atoms with E-state index in [-0.39, 0.29) is 11.8 Å². The van der Waals surface area contributed by atoms with Gasteiger partial charge in [-0.25, -0.2) is 4.98 Å². The van der Waals surface area contributed by atoms with Crippen LogP contribution in [0.5, 0.6) is 5.88 Å². The van der Waals surface area contributed by atoms with Crippen molar-refractivity contribution in [3.8, 4) is 5.88 Å². The van der Waals surface area contributed by atoms with Crippen LogP contribution in [-0.4, -0.2) is 17.8 Å². The molecule has 0 N–H and O–H groups in total. The van der Waals surface area contributed by atoms with Crippen LogP contribution in [0.1, 0.15) is 16.8 Å². The van der Waals surface area contributed by atoms with E-state index in [0.717, 1.165) is 5.56 Å². The average molecular weight is 254 g/mol. The number of hydrogen-bond donors (Lipinski definition) is 0. The number of ether oxygens (including phenoxy) is 1. The third-order valence-electron chi connectivity index (χ3n) is 1.94. The Morgan fingerprint density at radius 3 is 2.50 bits per heavy atom. The molecule has 0 unspecified atom stereocenters. The number of hydrogen-bond acceptors (Lipinski definition) is 2. The Morgan fingerprint density at radius 2 is 2.00 bits per heavy atom. The van der Waals surface area contributed by atoms with E-state index in [9.17, 15) is 13.2 Å². The minimum absolute atomic E-state index is 0.0372. The number of pyridine rings is 1. The number of alkyl halides is 4. The molecule has 0 saturated heterocycles. The van der Waals surface area contributed by atoms with Crippen molar-refractivity contribution in [2.24, 2.45) is 0 Å². The fraction of sp³-hybridized carbons (Fsp3) is 0.500. The number of halogens is 4. The highest BCUT2D eigenvalue weighted by molar-refractivity contribution is 6.17. The van der Waals surface area contributed by atoms with E-state index in [1.54, 1.807) is 19.9 Å². The molecule has 1 aromatic heterocycles. The fourth-order valence-electron chi connectivity index (χ4n) is 1.26. The second-order valence-electron chi connectivity index (χ2n) is 3.40. The van der Waals surface area contributed by atoms with Gasteiger partial charge in [0, 0.05) is 11.3 Å². The molecule has 16 heavy (non-hydrogen) atoms. The van der Waals surface area contributed by atoms with Gasteiger partial charge in [-0.15, -0.1) is 11.6 Å². The maximum Gasteiger partial charge on any atom is 0.422 e. The molecule has 0 atom stereocenters. The van der Waals surface area contributed by atoms with E-state index in [4.69, 9.17) is 11.6 Å². The van der Waals surface area contributed by atoms with E-state index in [1.807, 2.05) is 0 Å². The van der Waals surface area contributed by atoms with Gasteiger partial charge in [0.25, 0.3) is 0 Å². The largest absolute Gasteiger partial charge is 0.468 e. The number of nitrogens with zero attached hydrogens (tertiary/aromatic N) is 1. The highest BCUT2D eigenvalue weighted by atomic mass is 35.5. The Labute approximate surface area is 96.4 Å². The average Bonchev–Trinajstić information content (AvgIpc) is 2.12. The van der Waals surface area contributed by atoms with Crippen molar-refractivity contribution in [3.63, 3.8) is 0 Å². The highest BCUT2D eigenvalue weighted by Gasteiger charge is 2.29. The van der Waals surface area contributed by atoms with E-state index in [2.05, 4.69) is 9.72 Å². The van der Waals surface area contributed by atoms with Gasteiger partial charge in [0.15, 0.2) is 6.61 Å². The van der Waals surface area contributed by atoms with Crippen molar-refractivity contribution in [2.75, 3.05) is 6.61 Å². The summed E-state index contributed by atoms with van der Waals surface area (Å²) >= 11 is 5.64. The molecule has 2 nitrogen and oxygen atoms in total. The summed E-state index contributed by atoms with van der Waals surface area (Å²) in [7, 11) is 0. The predicted octanol–water partition coefficient (Wildman–Crippen LogP) is 3.38. The van der Waals surface area contributed by atoms with Gasteiger partial charge in [-0.3, -0.25) is 0 Å². The molecule has 0 radical (unpaired) electrons. The van der Waals surface area contributed by atoms with Gasteiger partial charge in [-0.1, -0.05) is 0 Å². The molecular formula is C10H11ClF3NO. The molecule has 1 rings (SSSR count). The summed E-state index contributed by atoms with van der Waals surface area (Å²) in [6.45, 7) is 2.09. The van der Waals surface area contributed by atoms with E-state index in [0.29, 0.717) is 11.3 Å². The SMILES string of the molecule is Cc1cc(C)c(CCl)c(OCC(F)(F)F)n1. The molecule has 90 valence electrons. The molecule has 0 fully saturated rings. The summed E-state index contributed by atoms with van der Waals surface area (Å²) in [4.78, 5) is 3.90. The first-order valence-electron chi connectivity index (χ1n) is 4.56. The lowest BCUT2D eigenvalue weighted by Gasteiger charge is -2.13. The number of aromatic nitrogens is 1. The Kier molecular flexibility index (Phi) is 4.02. The van der Waals surface area contributed by atoms with Gasteiger partial charge in [-0.05, 0) is 25.5 Å². The first-order valence-corrected chi connectivity index (χ1v) is 5.09. The lowest BCUT2D eigenvalue weighted by atomic mass is 10.1. The number of aryl methyl sites for hydroxylation is 2. The first kappa shape index (κ1) is 13.1. The molecule has 0 aliphatic carbocycles. The fourth-order valence-corrected chi connectivity index (χ4v) is 1.59. The smallest absolute Gasteiger partial charge is 0.422 e.